The zero-order valence-corrected chi connectivity index (χ0v) is 16.9. The summed E-state index contributed by atoms with van der Waals surface area (Å²) in [5, 5.41) is 30.7. The Labute approximate surface area is 181 Å². The number of hydrogen-bond acceptors (Lipinski definition) is 8. The van der Waals surface area contributed by atoms with Crippen LogP contribution in [0, 0.1) is 0 Å². The normalized spacial score (nSPS) is 10.8. The molecule has 0 aliphatic heterocycles. The minimum atomic E-state index is -1.40. The third kappa shape index (κ3) is 3.51. The molecule has 4 N–H and O–H groups in total. The van der Waals surface area contributed by atoms with Crippen LogP contribution < -0.4 is 26.4 Å². The SMILES string of the molecule is COc1ccc(-c2c(N)n(-c3cccc(C(=O)[O-])c3)c(=O)c3cc(N(O)O)ccc23)cc1. The van der Waals surface area contributed by atoms with E-state index in [0.717, 1.165) is 0 Å². The molecule has 1 heterocycles. The summed E-state index contributed by atoms with van der Waals surface area (Å²) in [6.45, 7) is 0. The molecule has 32 heavy (non-hydrogen) atoms. The fourth-order valence-electron chi connectivity index (χ4n) is 3.62. The van der Waals surface area contributed by atoms with Gasteiger partial charge in [-0.05, 0) is 52.9 Å². The second kappa shape index (κ2) is 8.06. The number of ether oxygens (including phenoxy) is 1. The van der Waals surface area contributed by atoms with Gasteiger partial charge in [0.15, 0.2) is 0 Å². The zero-order chi connectivity index (χ0) is 23.0. The molecule has 0 aliphatic carbocycles. The van der Waals surface area contributed by atoms with Gasteiger partial charge in [0.25, 0.3) is 5.56 Å². The minimum Gasteiger partial charge on any atom is -0.545 e. The van der Waals surface area contributed by atoms with E-state index in [2.05, 4.69) is 0 Å². The quantitative estimate of drug-likeness (QED) is 0.408. The summed E-state index contributed by atoms with van der Waals surface area (Å²) >= 11 is 0. The van der Waals surface area contributed by atoms with Crippen LogP contribution in [0.3, 0.4) is 0 Å². The first-order chi connectivity index (χ1) is 15.3. The standard InChI is InChI=1S/C23H19N3O6/c1-32-17-8-5-13(6-9-17)20-18-10-7-16(26(30)31)12-19(18)22(27)25(21(20)24)15-4-2-3-14(11-15)23(28)29/h2-12,30-31H,24H2,1H3,(H,28,29)/p-1. The average Bonchev–Trinajstić information content (AvgIpc) is 2.79. The van der Waals surface area contributed by atoms with Crippen LogP contribution in [0.2, 0.25) is 0 Å². The Hall–Kier alpha value is -4.34. The van der Waals surface area contributed by atoms with Crippen molar-refractivity contribution in [1.82, 2.24) is 4.57 Å². The molecule has 0 aliphatic rings. The van der Waals surface area contributed by atoms with Gasteiger partial charge in [0, 0.05) is 5.56 Å². The molecule has 0 unspecified atom stereocenters. The van der Waals surface area contributed by atoms with Gasteiger partial charge >= 0.3 is 0 Å². The Bertz CT molecular complexity index is 1390. The molecule has 4 aromatic rings. The van der Waals surface area contributed by atoms with Crippen molar-refractivity contribution < 1.29 is 25.1 Å². The first kappa shape index (κ1) is 20.9. The van der Waals surface area contributed by atoms with E-state index in [0.29, 0.717) is 22.3 Å². The van der Waals surface area contributed by atoms with Crippen LogP contribution in [0.1, 0.15) is 10.4 Å². The predicted octanol–water partition coefficient (Wildman–Crippen LogP) is 2.20. The average molecular weight is 432 g/mol. The maximum absolute atomic E-state index is 13.4. The fraction of sp³-hybridized carbons (Fsp3) is 0.0435. The summed E-state index contributed by atoms with van der Waals surface area (Å²) in [5.41, 5.74) is 7.16. The predicted molar refractivity (Wildman–Crippen MR) is 116 cm³/mol. The van der Waals surface area contributed by atoms with Crippen LogP contribution >= 0.6 is 0 Å². The summed E-state index contributed by atoms with van der Waals surface area (Å²) in [6, 6.07) is 17.0. The van der Waals surface area contributed by atoms with E-state index in [1.807, 2.05) is 0 Å². The molecule has 0 saturated heterocycles. The van der Waals surface area contributed by atoms with E-state index in [1.54, 1.807) is 43.5 Å². The van der Waals surface area contributed by atoms with Gasteiger partial charge in [-0.2, -0.15) is 0 Å². The second-order valence-corrected chi connectivity index (χ2v) is 6.99. The van der Waals surface area contributed by atoms with Gasteiger partial charge < -0.3 is 20.4 Å². The number of carbonyl (C=O) groups excluding carboxylic acids is 1. The molecule has 1 aromatic heterocycles. The number of benzene rings is 3. The number of nitrogens with two attached hydrogens (primary N) is 1. The molecule has 9 nitrogen and oxygen atoms in total. The van der Waals surface area contributed by atoms with E-state index >= 15 is 0 Å². The molecule has 3 aromatic carbocycles. The van der Waals surface area contributed by atoms with Crippen LogP contribution in [0.5, 0.6) is 5.75 Å². The molecule has 9 heteroatoms. The number of aromatic carboxylic acids is 1. The van der Waals surface area contributed by atoms with Crippen molar-refractivity contribution in [2.45, 2.75) is 0 Å². The number of carboxylic acids is 1. The van der Waals surface area contributed by atoms with Crippen LogP contribution in [-0.4, -0.2) is 28.1 Å². The van der Waals surface area contributed by atoms with Crippen LogP contribution in [0.25, 0.3) is 27.6 Å². The monoisotopic (exact) mass is 432 g/mol. The molecular formula is C23H18N3O6-. The minimum absolute atomic E-state index is 0.0323. The van der Waals surface area contributed by atoms with E-state index in [4.69, 9.17) is 10.5 Å². The number of anilines is 2. The Morgan fingerprint density at radius 2 is 1.75 bits per heavy atom. The van der Waals surface area contributed by atoms with E-state index in [1.165, 1.54) is 34.9 Å². The molecule has 0 bridgehead atoms. The van der Waals surface area contributed by atoms with Gasteiger partial charge in [0.2, 0.25) is 0 Å². The highest BCUT2D eigenvalue weighted by Crippen LogP contribution is 2.35. The summed E-state index contributed by atoms with van der Waals surface area (Å²) in [4.78, 5) is 24.7. The highest BCUT2D eigenvalue weighted by molar-refractivity contribution is 6.02. The highest BCUT2D eigenvalue weighted by atomic mass is 16.8. The Morgan fingerprint density at radius 1 is 1.03 bits per heavy atom. The van der Waals surface area contributed by atoms with Gasteiger partial charge in [-0.15, -0.1) is 5.23 Å². The smallest absolute Gasteiger partial charge is 0.264 e. The summed E-state index contributed by atoms with van der Waals surface area (Å²) in [6.07, 6.45) is 0. The number of carbonyl (C=O) groups is 1. The largest absolute Gasteiger partial charge is 0.545 e. The van der Waals surface area contributed by atoms with Crippen molar-refractivity contribution in [3.05, 3.63) is 82.6 Å². The Kier molecular flexibility index (Phi) is 5.27. The number of nitrogens with zero attached hydrogens (tertiary/aromatic N) is 2. The maximum Gasteiger partial charge on any atom is 0.264 e. The third-order valence-electron chi connectivity index (χ3n) is 5.15. The fourth-order valence-corrected chi connectivity index (χ4v) is 3.62. The first-order valence-corrected chi connectivity index (χ1v) is 9.44. The number of pyridine rings is 1. The second-order valence-electron chi connectivity index (χ2n) is 6.99. The molecule has 4 rings (SSSR count). The van der Waals surface area contributed by atoms with E-state index in [-0.39, 0.29) is 33.4 Å². The van der Waals surface area contributed by atoms with Crippen molar-refractivity contribution >= 4 is 28.2 Å². The Balaban J connectivity index is 2.11. The van der Waals surface area contributed by atoms with Gasteiger partial charge in [0.1, 0.15) is 11.6 Å². The number of hydrogen-bond donors (Lipinski definition) is 3. The number of rotatable bonds is 5. The van der Waals surface area contributed by atoms with Crippen LogP contribution in [0.15, 0.2) is 71.5 Å². The van der Waals surface area contributed by atoms with Gasteiger partial charge in [-0.25, -0.2) is 0 Å². The van der Waals surface area contributed by atoms with Crippen LogP contribution in [-0.2, 0) is 0 Å². The lowest BCUT2D eigenvalue weighted by Crippen LogP contribution is -2.25. The van der Waals surface area contributed by atoms with E-state index < -0.39 is 11.5 Å². The molecular weight excluding hydrogens is 414 g/mol. The van der Waals surface area contributed by atoms with Crippen LogP contribution in [0.4, 0.5) is 11.5 Å². The molecule has 0 spiro atoms. The van der Waals surface area contributed by atoms with Gasteiger partial charge in [0.05, 0.1) is 29.8 Å². The van der Waals surface area contributed by atoms with Crippen molar-refractivity contribution in [3.8, 4) is 22.6 Å². The molecule has 0 amide bonds. The topological polar surface area (TPSA) is 141 Å². The summed E-state index contributed by atoms with van der Waals surface area (Å²) < 4.78 is 6.38. The highest BCUT2D eigenvalue weighted by Gasteiger charge is 2.19. The summed E-state index contributed by atoms with van der Waals surface area (Å²) in [7, 11) is 1.54. The molecule has 0 fully saturated rings. The van der Waals surface area contributed by atoms with Crippen molar-refractivity contribution in [2.75, 3.05) is 18.1 Å². The number of aromatic nitrogens is 1. The lowest BCUT2D eigenvalue weighted by atomic mass is 9.98. The van der Waals surface area contributed by atoms with Crippen molar-refractivity contribution in [1.29, 1.82) is 0 Å². The number of fused-ring (bicyclic) bond motifs is 1. The van der Waals surface area contributed by atoms with Gasteiger partial charge in [-0.1, -0.05) is 30.3 Å². The first-order valence-electron chi connectivity index (χ1n) is 9.44. The molecule has 0 atom stereocenters. The van der Waals surface area contributed by atoms with Crippen molar-refractivity contribution in [3.63, 3.8) is 0 Å². The number of nitrogen functional groups attached to an aromatic ring is 1. The van der Waals surface area contributed by atoms with Gasteiger partial charge in [-0.3, -0.25) is 19.8 Å². The molecule has 0 radical (unpaired) electrons. The molecule has 162 valence electrons. The lowest BCUT2D eigenvalue weighted by Gasteiger charge is -2.19. The molecule has 0 saturated carbocycles. The number of carboxylic acid groups (broad SMARTS) is 1. The number of methoxy groups -OCH3 is 1. The van der Waals surface area contributed by atoms with E-state index in [9.17, 15) is 25.1 Å². The zero-order valence-electron chi connectivity index (χ0n) is 16.9. The summed E-state index contributed by atoms with van der Waals surface area (Å²) in [5.74, 6) is -0.681. The van der Waals surface area contributed by atoms with Crippen molar-refractivity contribution in [2.24, 2.45) is 0 Å². The maximum atomic E-state index is 13.4. The lowest BCUT2D eigenvalue weighted by molar-refractivity contribution is -0.255. The third-order valence-corrected chi connectivity index (χ3v) is 5.15. The Morgan fingerprint density at radius 3 is 2.38 bits per heavy atom.